The van der Waals surface area contributed by atoms with Crippen molar-refractivity contribution in [3.63, 3.8) is 0 Å². The number of aliphatic hydroxyl groups is 2. The highest BCUT2D eigenvalue weighted by molar-refractivity contribution is 6.31. The molecule has 118 valence electrons. The molecule has 0 aliphatic heterocycles. The summed E-state index contributed by atoms with van der Waals surface area (Å²) < 4.78 is 48.0. The van der Waals surface area contributed by atoms with Crippen molar-refractivity contribution in [1.29, 1.82) is 0 Å². The monoisotopic (exact) mass is 332 g/mol. The van der Waals surface area contributed by atoms with Gasteiger partial charge >= 0.3 is 0 Å². The molecule has 0 bridgehead atoms. The van der Waals surface area contributed by atoms with Gasteiger partial charge in [0, 0.05) is 9.68 Å². The van der Waals surface area contributed by atoms with Crippen LogP contribution in [0.2, 0.25) is 5.15 Å². The number of aromatic nitrogens is 2. The molecular weight excluding hydrogens is 316 g/mol. The lowest BCUT2D eigenvalue weighted by Crippen LogP contribution is -2.26. The molecule has 2 rings (SSSR count). The Bertz CT molecular complexity index is 777. The molecule has 2 unspecified atom stereocenters. The lowest BCUT2D eigenvalue weighted by molar-refractivity contribution is -0.0771. The van der Waals surface area contributed by atoms with Crippen LogP contribution in [0.3, 0.4) is 0 Å². The number of aliphatic hydroxyl groups excluding tert-OH is 2. The largest absolute Gasteiger partial charge is 0.385 e. The summed E-state index contributed by atoms with van der Waals surface area (Å²) in [4.78, 5) is 7.72. The molecule has 2 aromatic rings. The van der Waals surface area contributed by atoms with Gasteiger partial charge in [-0.2, -0.15) is 0 Å². The molecule has 2 atom stereocenters. The lowest BCUT2D eigenvalue weighted by atomic mass is 9.97. The summed E-state index contributed by atoms with van der Waals surface area (Å²) in [7, 11) is 0. The standard InChI is InChI=1S/C14H14ClF2N3O2/c1-6-2-3-7(10(21)11(22)13(16)17)4-8(6)9-5-19-14(18)12(15)20-9/h2-5,10-11,13,21-22H,1H3,(H2,18,19)/i1D3. The Kier molecular flexibility index (Phi) is 3.76. The second kappa shape index (κ2) is 6.51. The fraction of sp³-hybridized carbons (Fsp3) is 0.286. The van der Waals surface area contributed by atoms with Gasteiger partial charge in [0.05, 0.1) is 11.9 Å². The first-order valence-corrected chi connectivity index (χ1v) is 6.47. The maximum Gasteiger partial charge on any atom is 0.266 e. The molecule has 0 aliphatic rings. The summed E-state index contributed by atoms with van der Waals surface area (Å²) >= 11 is 5.80. The second-order valence-corrected chi connectivity index (χ2v) is 4.86. The van der Waals surface area contributed by atoms with E-state index in [9.17, 15) is 19.0 Å². The van der Waals surface area contributed by atoms with E-state index in [1.54, 1.807) is 0 Å². The number of nitrogens with two attached hydrogens (primary N) is 1. The molecule has 0 amide bonds. The normalized spacial score (nSPS) is 16.7. The number of nitrogens with zero attached hydrogens (tertiary/aromatic N) is 2. The van der Waals surface area contributed by atoms with Gasteiger partial charge in [-0.1, -0.05) is 23.7 Å². The summed E-state index contributed by atoms with van der Waals surface area (Å²) in [5, 5.41) is 19.1. The predicted octanol–water partition coefficient (Wildman–Crippen LogP) is 2.35. The highest BCUT2D eigenvalue weighted by atomic mass is 35.5. The van der Waals surface area contributed by atoms with Crippen molar-refractivity contribution in [1.82, 2.24) is 9.97 Å². The zero-order valence-corrected chi connectivity index (χ0v) is 11.8. The summed E-state index contributed by atoms with van der Waals surface area (Å²) in [6.07, 6.45) is -6.24. The molecule has 22 heavy (non-hydrogen) atoms. The third-order valence-corrected chi connectivity index (χ3v) is 3.28. The van der Waals surface area contributed by atoms with Crippen LogP contribution in [0.1, 0.15) is 21.3 Å². The quantitative estimate of drug-likeness (QED) is 0.799. The second-order valence-electron chi connectivity index (χ2n) is 4.51. The van der Waals surface area contributed by atoms with Crippen LogP contribution in [0.25, 0.3) is 11.3 Å². The number of hydrogen-bond donors (Lipinski definition) is 3. The number of nitrogen functional groups attached to an aromatic ring is 1. The number of alkyl halides is 2. The van der Waals surface area contributed by atoms with Gasteiger partial charge in [-0.05, 0) is 24.0 Å². The number of halogens is 3. The maximum atomic E-state index is 12.6. The Labute approximate surface area is 134 Å². The lowest BCUT2D eigenvalue weighted by Gasteiger charge is -2.18. The van der Waals surface area contributed by atoms with Gasteiger partial charge in [-0.3, -0.25) is 0 Å². The first kappa shape index (κ1) is 12.7. The summed E-state index contributed by atoms with van der Waals surface area (Å²) in [6, 6.07) is 3.44. The van der Waals surface area contributed by atoms with Crippen molar-refractivity contribution >= 4 is 17.4 Å². The van der Waals surface area contributed by atoms with Crippen LogP contribution < -0.4 is 5.73 Å². The third-order valence-electron chi connectivity index (χ3n) is 3.00. The molecule has 5 nitrogen and oxygen atoms in total. The number of benzene rings is 1. The van der Waals surface area contributed by atoms with Crippen molar-refractivity contribution in [3.8, 4) is 11.3 Å². The third kappa shape index (κ3) is 3.32. The van der Waals surface area contributed by atoms with Crippen molar-refractivity contribution in [3.05, 3.63) is 40.7 Å². The Hall–Kier alpha value is -1.83. The molecule has 8 heteroatoms. The zero-order chi connectivity index (χ0) is 18.9. The first-order valence-electron chi connectivity index (χ1n) is 7.59. The zero-order valence-electron chi connectivity index (χ0n) is 14.0. The van der Waals surface area contributed by atoms with Crippen LogP contribution in [0.5, 0.6) is 0 Å². The smallest absolute Gasteiger partial charge is 0.266 e. The average molecular weight is 333 g/mol. The number of aryl methyl sites for hydroxylation is 1. The summed E-state index contributed by atoms with van der Waals surface area (Å²) in [5.74, 6) is -0.0647. The molecule has 0 spiro atoms. The van der Waals surface area contributed by atoms with Crippen molar-refractivity contribution in [2.45, 2.75) is 25.5 Å². The van der Waals surface area contributed by atoms with E-state index < -0.39 is 25.5 Å². The SMILES string of the molecule is [2H]C([2H])([2H])c1ccc(C(O)C(O)C(F)F)cc1-c1cnc(N)c(Cl)n1. The molecule has 4 N–H and O–H groups in total. The van der Waals surface area contributed by atoms with E-state index in [-0.39, 0.29) is 33.4 Å². The van der Waals surface area contributed by atoms with E-state index in [0.29, 0.717) is 0 Å². The van der Waals surface area contributed by atoms with Gasteiger partial charge in [0.15, 0.2) is 11.0 Å². The van der Waals surface area contributed by atoms with Crippen LogP contribution in [-0.4, -0.2) is 32.7 Å². The maximum absolute atomic E-state index is 12.6. The fourth-order valence-electron chi connectivity index (χ4n) is 1.80. The van der Waals surface area contributed by atoms with Gasteiger partial charge in [0.25, 0.3) is 6.43 Å². The van der Waals surface area contributed by atoms with Gasteiger partial charge in [0.2, 0.25) is 0 Å². The Morgan fingerprint density at radius 1 is 1.36 bits per heavy atom. The molecular formula is C14H14ClF2N3O2. The van der Waals surface area contributed by atoms with E-state index in [2.05, 4.69) is 9.97 Å². The van der Waals surface area contributed by atoms with E-state index in [0.717, 1.165) is 18.2 Å². The summed E-state index contributed by atoms with van der Waals surface area (Å²) in [6.45, 7) is -2.55. The topological polar surface area (TPSA) is 92.3 Å². The molecule has 0 saturated carbocycles. The predicted molar refractivity (Wildman–Crippen MR) is 78.6 cm³/mol. The molecule has 0 fully saturated rings. The number of hydrogen-bond acceptors (Lipinski definition) is 5. The van der Waals surface area contributed by atoms with Crippen LogP contribution in [-0.2, 0) is 0 Å². The van der Waals surface area contributed by atoms with Gasteiger partial charge < -0.3 is 15.9 Å². The Morgan fingerprint density at radius 2 is 2.09 bits per heavy atom. The van der Waals surface area contributed by atoms with Crippen LogP contribution >= 0.6 is 11.6 Å². The fourth-order valence-corrected chi connectivity index (χ4v) is 1.94. The molecule has 0 saturated heterocycles. The minimum atomic E-state index is -3.17. The summed E-state index contributed by atoms with van der Waals surface area (Å²) in [5.41, 5.74) is 5.25. The molecule has 0 aliphatic carbocycles. The molecule has 0 radical (unpaired) electrons. The Morgan fingerprint density at radius 3 is 2.68 bits per heavy atom. The van der Waals surface area contributed by atoms with Gasteiger partial charge in [-0.15, -0.1) is 0 Å². The van der Waals surface area contributed by atoms with Crippen LogP contribution in [0.4, 0.5) is 14.6 Å². The molecule has 1 heterocycles. The van der Waals surface area contributed by atoms with Gasteiger partial charge in [0.1, 0.15) is 12.2 Å². The van der Waals surface area contributed by atoms with E-state index in [1.165, 1.54) is 6.20 Å². The average Bonchev–Trinajstić information content (AvgIpc) is 2.54. The number of anilines is 1. The van der Waals surface area contributed by atoms with Gasteiger partial charge in [-0.25, -0.2) is 18.7 Å². The van der Waals surface area contributed by atoms with E-state index in [4.69, 9.17) is 21.4 Å². The highest BCUT2D eigenvalue weighted by Crippen LogP contribution is 2.29. The van der Waals surface area contributed by atoms with Crippen molar-refractivity contribution in [2.75, 3.05) is 5.73 Å². The Balaban J connectivity index is 2.61. The first-order chi connectivity index (χ1) is 11.5. The van der Waals surface area contributed by atoms with Crippen molar-refractivity contribution in [2.24, 2.45) is 0 Å². The van der Waals surface area contributed by atoms with Crippen LogP contribution in [0, 0.1) is 6.85 Å². The van der Waals surface area contributed by atoms with E-state index >= 15 is 0 Å². The highest BCUT2D eigenvalue weighted by Gasteiger charge is 2.27. The molecule has 1 aromatic heterocycles. The molecule has 1 aromatic carbocycles. The van der Waals surface area contributed by atoms with Crippen molar-refractivity contribution < 1.29 is 23.1 Å². The van der Waals surface area contributed by atoms with E-state index in [1.807, 2.05) is 0 Å². The minimum Gasteiger partial charge on any atom is -0.385 e. The van der Waals surface area contributed by atoms with Crippen LogP contribution in [0.15, 0.2) is 24.4 Å². The number of rotatable bonds is 4. The minimum absolute atomic E-state index is 0.00687.